The molecule has 0 unspecified atom stereocenters. The third-order valence-corrected chi connectivity index (χ3v) is 4.31. The third-order valence-electron chi connectivity index (χ3n) is 3.70. The fourth-order valence-electron chi connectivity index (χ4n) is 2.61. The summed E-state index contributed by atoms with van der Waals surface area (Å²) >= 11 is 3.13. The quantitative estimate of drug-likeness (QED) is 0.874. The molecule has 19 heavy (non-hydrogen) atoms. The Morgan fingerprint density at radius 2 is 2.11 bits per heavy atom. The molecule has 0 atom stereocenters. The lowest BCUT2D eigenvalue weighted by atomic mass is 10.0. The Bertz CT molecular complexity index is 444. The summed E-state index contributed by atoms with van der Waals surface area (Å²) in [7, 11) is 0. The molecule has 0 spiro atoms. The van der Waals surface area contributed by atoms with Crippen LogP contribution in [0.15, 0.2) is 22.7 Å². The van der Waals surface area contributed by atoms with Gasteiger partial charge in [0.1, 0.15) is 5.82 Å². The number of benzene rings is 1. The van der Waals surface area contributed by atoms with Crippen molar-refractivity contribution in [1.29, 1.82) is 0 Å². The van der Waals surface area contributed by atoms with E-state index < -0.39 is 0 Å². The highest BCUT2D eigenvalue weighted by atomic mass is 79.9. The van der Waals surface area contributed by atoms with Gasteiger partial charge in [-0.2, -0.15) is 0 Å². The Labute approximate surface area is 121 Å². The molecule has 4 heteroatoms. The van der Waals surface area contributed by atoms with E-state index in [-0.39, 0.29) is 11.7 Å². The van der Waals surface area contributed by atoms with Crippen molar-refractivity contribution in [2.24, 2.45) is 5.92 Å². The molecule has 1 fully saturated rings. The van der Waals surface area contributed by atoms with Gasteiger partial charge in [-0.1, -0.05) is 31.7 Å². The van der Waals surface area contributed by atoms with Crippen LogP contribution in [0.25, 0.3) is 0 Å². The number of carbonyl (C=O) groups excluding carboxylic acids is 1. The standard InChI is InChI=1S/C15H19BrFNO/c16-13-9-12(5-6-14(13)17)10-15(19)18-8-7-11-3-1-2-4-11/h5-6,9,11H,1-4,7-8,10H2,(H,18,19). The first-order valence-corrected chi connectivity index (χ1v) is 7.65. The lowest BCUT2D eigenvalue weighted by molar-refractivity contribution is -0.120. The van der Waals surface area contributed by atoms with Crippen molar-refractivity contribution in [3.05, 3.63) is 34.1 Å². The molecular weight excluding hydrogens is 309 g/mol. The Hall–Kier alpha value is -0.900. The van der Waals surface area contributed by atoms with Crippen molar-refractivity contribution in [2.75, 3.05) is 6.54 Å². The summed E-state index contributed by atoms with van der Waals surface area (Å²) in [6.07, 6.45) is 6.67. The van der Waals surface area contributed by atoms with Crippen LogP contribution in [0.1, 0.15) is 37.7 Å². The number of amides is 1. The number of nitrogens with one attached hydrogen (secondary N) is 1. The molecule has 0 saturated heterocycles. The van der Waals surface area contributed by atoms with Crippen LogP contribution in [-0.2, 0) is 11.2 Å². The maximum atomic E-state index is 13.1. The van der Waals surface area contributed by atoms with E-state index in [0.29, 0.717) is 10.9 Å². The fraction of sp³-hybridized carbons (Fsp3) is 0.533. The maximum absolute atomic E-state index is 13.1. The molecule has 1 aliphatic rings. The minimum absolute atomic E-state index is 0.0107. The minimum atomic E-state index is -0.301. The molecule has 0 aromatic heterocycles. The lowest BCUT2D eigenvalue weighted by Gasteiger charge is -2.10. The van der Waals surface area contributed by atoms with Gasteiger partial charge >= 0.3 is 0 Å². The molecule has 104 valence electrons. The van der Waals surface area contributed by atoms with Crippen LogP contribution in [-0.4, -0.2) is 12.5 Å². The van der Waals surface area contributed by atoms with E-state index in [9.17, 15) is 9.18 Å². The topological polar surface area (TPSA) is 29.1 Å². The average Bonchev–Trinajstić information content (AvgIpc) is 2.87. The fourth-order valence-corrected chi connectivity index (χ4v) is 3.04. The first-order valence-electron chi connectivity index (χ1n) is 6.86. The second-order valence-electron chi connectivity index (χ2n) is 5.21. The molecule has 1 aromatic rings. The van der Waals surface area contributed by atoms with E-state index in [0.717, 1.165) is 24.4 Å². The lowest BCUT2D eigenvalue weighted by Crippen LogP contribution is -2.27. The first-order chi connectivity index (χ1) is 9.15. The monoisotopic (exact) mass is 327 g/mol. The van der Waals surface area contributed by atoms with Crippen LogP contribution in [0.4, 0.5) is 4.39 Å². The summed E-state index contributed by atoms with van der Waals surface area (Å²) in [6.45, 7) is 0.756. The van der Waals surface area contributed by atoms with Gasteiger partial charge in [0, 0.05) is 6.54 Å². The highest BCUT2D eigenvalue weighted by Gasteiger charge is 2.14. The van der Waals surface area contributed by atoms with Gasteiger partial charge in [-0.15, -0.1) is 0 Å². The maximum Gasteiger partial charge on any atom is 0.224 e. The predicted molar refractivity (Wildman–Crippen MR) is 77.4 cm³/mol. The van der Waals surface area contributed by atoms with E-state index in [1.165, 1.54) is 31.7 Å². The first kappa shape index (κ1) is 14.5. The average molecular weight is 328 g/mol. The van der Waals surface area contributed by atoms with Crippen molar-refractivity contribution >= 4 is 21.8 Å². The van der Waals surface area contributed by atoms with Gasteiger partial charge in [0.25, 0.3) is 0 Å². The Morgan fingerprint density at radius 1 is 1.37 bits per heavy atom. The summed E-state index contributed by atoms with van der Waals surface area (Å²) in [4.78, 5) is 11.8. The van der Waals surface area contributed by atoms with E-state index in [2.05, 4.69) is 21.2 Å². The van der Waals surface area contributed by atoms with E-state index >= 15 is 0 Å². The zero-order valence-corrected chi connectivity index (χ0v) is 12.5. The Kier molecular flexibility index (Phi) is 5.37. The summed E-state index contributed by atoms with van der Waals surface area (Å²) < 4.78 is 13.5. The molecule has 2 rings (SSSR count). The van der Waals surface area contributed by atoms with Crippen molar-refractivity contribution in [3.63, 3.8) is 0 Å². The zero-order chi connectivity index (χ0) is 13.7. The summed E-state index contributed by atoms with van der Waals surface area (Å²) in [5, 5.41) is 2.94. The molecule has 0 radical (unpaired) electrons. The largest absolute Gasteiger partial charge is 0.356 e. The molecule has 0 heterocycles. The van der Waals surface area contributed by atoms with Gasteiger partial charge in [-0.3, -0.25) is 4.79 Å². The smallest absolute Gasteiger partial charge is 0.224 e. The molecule has 1 aromatic carbocycles. The van der Waals surface area contributed by atoms with Gasteiger partial charge in [0.15, 0.2) is 0 Å². The Morgan fingerprint density at radius 3 is 2.79 bits per heavy atom. The SMILES string of the molecule is O=C(Cc1ccc(F)c(Br)c1)NCCC1CCCC1. The highest BCUT2D eigenvalue weighted by Crippen LogP contribution is 2.26. The van der Waals surface area contributed by atoms with Crippen LogP contribution in [0.2, 0.25) is 0 Å². The molecule has 1 aliphatic carbocycles. The van der Waals surface area contributed by atoms with E-state index in [4.69, 9.17) is 0 Å². The number of hydrogen-bond donors (Lipinski definition) is 1. The minimum Gasteiger partial charge on any atom is -0.356 e. The van der Waals surface area contributed by atoms with Crippen molar-refractivity contribution in [2.45, 2.75) is 38.5 Å². The molecule has 2 nitrogen and oxygen atoms in total. The number of hydrogen-bond acceptors (Lipinski definition) is 1. The van der Waals surface area contributed by atoms with Crippen LogP contribution in [0.5, 0.6) is 0 Å². The van der Waals surface area contributed by atoms with E-state index in [1.807, 2.05) is 0 Å². The van der Waals surface area contributed by atoms with Crippen LogP contribution in [0.3, 0.4) is 0 Å². The number of halogens is 2. The Balaban J connectivity index is 1.72. The number of rotatable bonds is 5. The van der Waals surface area contributed by atoms with Crippen molar-refractivity contribution in [3.8, 4) is 0 Å². The zero-order valence-electron chi connectivity index (χ0n) is 10.9. The van der Waals surface area contributed by atoms with Crippen LogP contribution >= 0.6 is 15.9 Å². The summed E-state index contributed by atoms with van der Waals surface area (Å²) in [6, 6.07) is 4.69. The highest BCUT2D eigenvalue weighted by molar-refractivity contribution is 9.10. The van der Waals surface area contributed by atoms with Crippen molar-refractivity contribution in [1.82, 2.24) is 5.32 Å². The molecule has 1 N–H and O–H groups in total. The van der Waals surface area contributed by atoms with Crippen LogP contribution < -0.4 is 5.32 Å². The number of carbonyl (C=O) groups is 1. The molecule has 1 amide bonds. The second-order valence-corrected chi connectivity index (χ2v) is 6.07. The summed E-state index contributed by atoms with van der Waals surface area (Å²) in [5.74, 6) is 0.502. The molecule has 0 aliphatic heterocycles. The molecule has 1 saturated carbocycles. The third kappa shape index (κ3) is 4.60. The summed E-state index contributed by atoms with van der Waals surface area (Å²) in [5.41, 5.74) is 0.826. The molecule has 0 bridgehead atoms. The van der Waals surface area contributed by atoms with Gasteiger partial charge in [0.05, 0.1) is 10.9 Å². The van der Waals surface area contributed by atoms with Gasteiger partial charge in [-0.25, -0.2) is 4.39 Å². The van der Waals surface area contributed by atoms with Crippen LogP contribution in [0, 0.1) is 11.7 Å². The normalized spacial score (nSPS) is 15.7. The van der Waals surface area contributed by atoms with Gasteiger partial charge in [0.2, 0.25) is 5.91 Å². The van der Waals surface area contributed by atoms with Gasteiger partial charge in [-0.05, 0) is 46.0 Å². The van der Waals surface area contributed by atoms with Crippen molar-refractivity contribution < 1.29 is 9.18 Å². The van der Waals surface area contributed by atoms with Gasteiger partial charge < -0.3 is 5.32 Å². The second kappa shape index (κ2) is 7.04. The predicted octanol–water partition coefficient (Wildman–Crippen LogP) is 3.83. The molecular formula is C15H19BrFNO. The van der Waals surface area contributed by atoms with E-state index in [1.54, 1.807) is 12.1 Å².